The highest BCUT2D eigenvalue weighted by Crippen LogP contribution is 2.28. The molecule has 1 amide bonds. The highest BCUT2D eigenvalue weighted by Gasteiger charge is 2.14. The number of para-hydroxylation sites is 1. The highest BCUT2D eigenvalue weighted by molar-refractivity contribution is 7.14. The van der Waals surface area contributed by atoms with Crippen LogP contribution in [0.25, 0.3) is 22.0 Å². The zero-order valence-corrected chi connectivity index (χ0v) is 14.9. The van der Waals surface area contributed by atoms with E-state index in [0.717, 1.165) is 16.6 Å². The van der Waals surface area contributed by atoms with Crippen molar-refractivity contribution in [3.63, 3.8) is 0 Å². The lowest BCUT2D eigenvalue weighted by molar-refractivity contribution is 0.102. The number of methoxy groups -OCH3 is 1. The van der Waals surface area contributed by atoms with Gasteiger partial charge in [0.25, 0.3) is 5.91 Å². The minimum atomic E-state index is -0.234. The molecule has 0 radical (unpaired) electrons. The lowest BCUT2D eigenvalue weighted by Crippen LogP contribution is -2.12. The Kier molecular flexibility index (Phi) is 4.37. The quantitative estimate of drug-likeness (QED) is 0.542. The van der Waals surface area contributed by atoms with Gasteiger partial charge in [0, 0.05) is 10.9 Å². The number of benzene rings is 3. The summed E-state index contributed by atoms with van der Waals surface area (Å²) in [6.07, 6.45) is 0. The Labute approximate surface area is 155 Å². The van der Waals surface area contributed by atoms with Crippen LogP contribution in [0.3, 0.4) is 0 Å². The number of nitrogens with one attached hydrogen (secondary N) is 1. The molecule has 26 heavy (non-hydrogen) atoms. The summed E-state index contributed by atoms with van der Waals surface area (Å²) >= 11 is 1.40. The Morgan fingerprint density at radius 3 is 2.62 bits per heavy atom. The number of amides is 1. The molecule has 0 saturated heterocycles. The fourth-order valence-corrected chi connectivity index (χ4v) is 3.52. The molecule has 0 aliphatic heterocycles. The molecule has 3 aromatic carbocycles. The van der Waals surface area contributed by atoms with E-state index >= 15 is 0 Å². The molecule has 0 atom stereocenters. The smallest absolute Gasteiger partial charge is 0.261 e. The Balaban J connectivity index is 1.58. The first kappa shape index (κ1) is 16.3. The van der Waals surface area contributed by atoms with Gasteiger partial charge in [0.05, 0.1) is 18.4 Å². The number of carbonyl (C=O) groups excluding carboxylic acids is 1. The summed E-state index contributed by atoms with van der Waals surface area (Å²) in [6.45, 7) is 0. The molecule has 1 heterocycles. The lowest BCUT2D eigenvalue weighted by atomic mass is 10.1. The van der Waals surface area contributed by atoms with E-state index in [1.165, 1.54) is 16.7 Å². The molecule has 0 spiro atoms. The zero-order chi connectivity index (χ0) is 17.9. The second-order valence-corrected chi connectivity index (χ2v) is 6.61. The molecule has 0 unspecified atom stereocenters. The number of thiazole rings is 1. The predicted molar refractivity (Wildman–Crippen MR) is 106 cm³/mol. The van der Waals surface area contributed by atoms with Gasteiger partial charge in [-0.2, -0.15) is 0 Å². The van der Waals surface area contributed by atoms with Gasteiger partial charge in [0.1, 0.15) is 5.75 Å². The van der Waals surface area contributed by atoms with Gasteiger partial charge in [-0.1, -0.05) is 48.5 Å². The monoisotopic (exact) mass is 360 g/mol. The van der Waals surface area contributed by atoms with Crippen LogP contribution in [-0.4, -0.2) is 18.0 Å². The van der Waals surface area contributed by atoms with Crippen LogP contribution in [-0.2, 0) is 0 Å². The molecule has 128 valence electrons. The van der Waals surface area contributed by atoms with Gasteiger partial charge >= 0.3 is 0 Å². The van der Waals surface area contributed by atoms with Gasteiger partial charge in [-0.05, 0) is 29.0 Å². The average molecular weight is 360 g/mol. The number of aromatic nitrogens is 1. The van der Waals surface area contributed by atoms with Crippen molar-refractivity contribution in [2.24, 2.45) is 0 Å². The third kappa shape index (κ3) is 3.17. The van der Waals surface area contributed by atoms with Gasteiger partial charge in [0.15, 0.2) is 5.13 Å². The van der Waals surface area contributed by atoms with Crippen molar-refractivity contribution in [3.05, 3.63) is 77.7 Å². The molecule has 4 rings (SSSR count). The summed E-state index contributed by atoms with van der Waals surface area (Å²) < 4.78 is 5.24. The maximum absolute atomic E-state index is 12.5. The molecule has 1 N–H and O–H groups in total. The van der Waals surface area contributed by atoms with E-state index in [2.05, 4.69) is 34.6 Å². The van der Waals surface area contributed by atoms with Crippen LogP contribution in [0.4, 0.5) is 5.13 Å². The maximum Gasteiger partial charge on any atom is 0.261 e. The number of ether oxygens (including phenoxy) is 1. The molecule has 0 fully saturated rings. The number of anilines is 1. The molecule has 0 aliphatic carbocycles. The van der Waals surface area contributed by atoms with Crippen LogP contribution in [0, 0.1) is 0 Å². The fraction of sp³-hybridized carbons (Fsp3) is 0.0476. The molecule has 0 bridgehead atoms. The molecule has 0 saturated carbocycles. The summed E-state index contributed by atoms with van der Waals surface area (Å²) in [5.74, 6) is 0.304. The molecule has 1 aromatic heterocycles. The summed E-state index contributed by atoms with van der Waals surface area (Å²) in [6, 6.07) is 21.6. The third-order valence-electron chi connectivity index (χ3n) is 4.12. The van der Waals surface area contributed by atoms with Crippen molar-refractivity contribution < 1.29 is 9.53 Å². The normalized spacial score (nSPS) is 10.7. The van der Waals surface area contributed by atoms with E-state index in [4.69, 9.17) is 4.74 Å². The van der Waals surface area contributed by atoms with Crippen molar-refractivity contribution in [3.8, 4) is 17.0 Å². The first-order chi connectivity index (χ1) is 12.7. The number of fused-ring (bicyclic) bond motifs is 1. The first-order valence-corrected chi connectivity index (χ1v) is 9.01. The van der Waals surface area contributed by atoms with Crippen LogP contribution in [0.2, 0.25) is 0 Å². The van der Waals surface area contributed by atoms with Gasteiger partial charge in [-0.25, -0.2) is 4.98 Å². The number of hydrogen-bond donors (Lipinski definition) is 1. The van der Waals surface area contributed by atoms with Crippen molar-refractivity contribution >= 4 is 33.1 Å². The Morgan fingerprint density at radius 2 is 1.77 bits per heavy atom. The fourth-order valence-electron chi connectivity index (χ4n) is 2.81. The van der Waals surface area contributed by atoms with Crippen LogP contribution in [0.15, 0.2) is 72.1 Å². The largest absolute Gasteiger partial charge is 0.496 e. The summed E-state index contributed by atoms with van der Waals surface area (Å²) in [5.41, 5.74) is 2.35. The van der Waals surface area contributed by atoms with E-state index in [0.29, 0.717) is 16.4 Å². The summed E-state index contributed by atoms with van der Waals surface area (Å²) in [5, 5.41) is 7.71. The maximum atomic E-state index is 12.5. The van der Waals surface area contributed by atoms with E-state index < -0.39 is 0 Å². The van der Waals surface area contributed by atoms with Crippen LogP contribution in [0.5, 0.6) is 5.75 Å². The van der Waals surface area contributed by atoms with Crippen molar-refractivity contribution in [1.29, 1.82) is 0 Å². The van der Waals surface area contributed by atoms with Gasteiger partial charge in [0.2, 0.25) is 0 Å². The van der Waals surface area contributed by atoms with E-state index in [1.54, 1.807) is 25.3 Å². The number of rotatable bonds is 4. The summed E-state index contributed by atoms with van der Waals surface area (Å²) in [7, 11) is 1.55. The number of hydrogen-bond acceptors (Lipinski definition) is 4. The molecule has 0 aliphatic rings. The highest BCUT2D eigenvalue weighted by atomic mass is 32.1. The first-order valence-electron chi connectivity index (χ1n) is 8.13. The SMILES string of the molecule is COc1ccccc1C(=O)Nc1nc(-c2ccc3ccccc3c2)cs1. The van der Waals surface area contributed by atoms with Gasteiger partial charge < -0.3 is 4.74 Å². The number of carbonyl (C=O) groups is 1. The van der Waals surface area contributed by atoms with E-state index in [1.807, 2.05) is 29.6 Å². The van der Waals surface area contributed by atoms with Crippen LogP contribution in [0.1, 0.15) is 10.4 Å². The van der Waals surface area contributed by atoms with Crippen molar-refractivity contribution in [1.82, 2.24) is 4.98 Å². The van der Waals surface area contributed by atoms with Crippen LogP contribution >= 0.6 is 11.3 Å². The Hall–Kier alpha value is -3.18. The zero-order valence-electron chi connectivity index (χ0n) is 14.1. The van der Waals surface area contributed by atoms with Gasteiger partial charge in [-0.3, -0.25) is 10.1 Å². The lowest BCUT2D eigenvalue weighted by Gasteiger charge is -2.07. The average Bonchev–Trinajstić information content (AvgIpc) is 3.16. The second kappa shape index (κ2) is 6.98. The van der Waals surface area contributed by atoms with Crippen LogP contribution < -0.4 is 10.1 Å². The minimum Gasteiger partial charge on any atom is -0.496 e. The molecule has 5 heteroatoms. The van der Waals surface area contributed by atoms with E-state index in [-0.39, 0.29) is 5.91 Å². The minimum absolute atomic E-state index is 0.234. The van der Waals surface area contributed by atoms with Crippen molar-refractivity contribution in [2.75, 3.05) is 12.4 Å². The topological polar surface area (TPSA) is 51.2 Å². The Morgan fingerprint density at radius 1 is 1.00 bits per heavy atom. The standard InChI is InChI=1S/C21H16N2O2S/c1-25-19-9-5-4-8-17(19)20(24)23-21-22-18(13-26-21)16-11-10-14-6-2-3-7-15(14)12-16/h2-13H,1H3,(H,22,23,24). The third-order valence-corrected chi connectivity index (χ3v) is 4.88. The molecule has 4 nitrogen and oxygen atoms in total. The predicted octanol–water partition coefficient (Wildman–Crippen LogP) is 5.22. The molecular weight excluding hydrogens is 344 g/mol. The van der Waals surface area contributed by atoms with Gasteiger partial charge in [-0.15, -0.1) is 11.3 Å². The van der Waals surface area contributed by atoms with E-state index in [9.17, 15) is 4.79 Å². The molecular formula is C21H16N2O2S. The summed E-state index contributed by atoms with van der Waals surface area (Å²) in [4.78, 5) is 17.0. The molecule has 4 aromatic rings. The number of nitrogens with zero attached hydrogens (tertiary/aromatic N) is 1. The Bertz CT molecular complexity index is 1090. The van der Waals surface area contributed by atoms with Crippen molar-refractivity contribution in [2.45, 2.75) is 0 Å². The second-order valence-electron chi connectivity index (χ2n) is 5.75.